The first-order chi connectivity index (χ1) is 8.92. The van der Waals surface area contributed by atoms with Gasteiger partial charge in [0.15, 0.2) is 0 Å². The van der Waals surface area contributed by atoms with Crippen LogP contribution in [0.2, 0.25) is 0 Å². The van der Waals surface area contributed by atoms with E-state index in [4.69, 9.17) is 9.47 Å². The molecule has 1 aliphatic rings. The van der Waals surface area contributed by atoms with Crippen molar-refractivity contribution in [3.8, 4) is 0 Å². The Bertz CT molecular complexity index is 302. The molecule has 1 rings (SSSR count). The van der Waals surface area contributed by atoms with Crippen LogP contribution in [0.25, 0.3) is 0 Å². The van der Waals surface area contributed by atoms with Crippen LogP contribution in [-0.4, -0.2) is 55.3 Å². The number of hydrogen-bond acceptors (Lipinski definition) is 4. The van der Waals surface area contributed by atoms with Gasteiger partial charge in [-0.05, 0) is 33.6 Å². The van der Waals surface area contributed by atoms with Gasteiger partial charge >= 0.3 is 6.09 Å². The molecule has 0 aromatic heterocycles. The van der Waals surface area contributed by atoms with E-state index in [1.807, 2.05) is 20.8 Å². The largest absolute Gasteiger partial charge is 0.444 e. The van der Waals surface area contributed by atoms with Gasteiger partial charge in [-0.3, -0.25) is 4.79 Å². The lowest BCUT2D eigenvalue weighted by Gasteiger charge is -2.34. The SMILES string of the molecule is CC(C)(C)OC(=O)N1CCOC(CCCNC=O)C1. The van der Waals surface area contributed by atoms with Crippen LogP contribution in [0.1, 0.15) is 33.6 Å². The number of hydrogen-bond donors (Lipinski definition) is 1. The Balaban J connectivity index is 2.33. The molecule has 0 saturated carbocycles. The summed E-state index contributed by atoms with van der Waals surface area (Å²) in [5.41, 5.74) is -0.473. The molecule has 1 unspecified atom stereocenters. The maximum Gasteiger partial charge on any atom is 0.410 e. The van der Waals surface area contributed by atoms with Crippen molar-refractivity contribution >= 4 is 12.5 Å². The van der Waals surface area contributed by atoms with Crippen LogP contribution >= 0.6 is 0 Å². The van der Waals surface area contributed by atoms with Crippen molar-refractivity contribution in [1.82, 2.24) is 10.2 Å². The van der Waals surface area contributed by atoms with Gasteiger partial charge < -0.3 is 19.7 Å². The highest BCUT2D eigenvalue weighted by Gasteiger charge is 2.27. The van der Waals surface area contributed by atoms with Crippen LogP contribution in [-0.2, 0) is 14.3 Å². The molecule has 2 amide bonds. The lowest BCUT2D eigenvalue weighted by molar-refractivity contribution is -0.109. The normalized spacial score (nSPS) is 19.9. The number of carbonyl (C=O) groups excluding carboxylic acids is 2. The highest BCUT2D eigenvalue weighted by molar-refractivity contribution is 5.68. The van der Waals surface area contributed by atoms with Crippen molar-refractivity contribution in [2.45, 2.75) is 45.3 Å². The molecular weight excluding hydrogens is 248 g/mol. The van der Waals surface area contributed by atoms with Crippen molar-refractivity contribution in [2.24, 2.45) is 0 Å². The average Bonchev–Trinajstić information content (AvgIpc) is 2.33. The zero-order valence-electron chi connectivity index (χ0n) is 12.0. The molecule has 0 aromatic carbocycles. The van der Waals surface area contributed by atoms with Crippen LogP contribution in [0, 0.1) is 0 Å². The first kappa shape index (κ1) is 15.8. The molecule has 0 radical (unpaired) electrons. The van der Waals surface area contributed by atoms with Crippen molar-refractivity contribution in [1.29, 1.82) is 0 Å². The molecule has 1 N–H and O–H groups in total. The van der Waals surface area contributed by atoms with Crippen molar-refractivity contribution in [3.63, 3.8) is 0 Å². The Morgan fingerprint density at radius 3 is 2.89 bits per heavy atom. The van der Waals surface area contributed by atoms with E-state index in [9.17, 15) is 9.59 Å². The van der Waals surface area contributed by atoms with E-state index in [1.165, 1.54) is 0 Å². The van der Waals surface area contributed by atoms with E-state index in [-0.39, 0.29) is 12.2 Å². The van der Waals surface area contributed by atoms with E-state index in [1.54, 1.807) is 4.90 Å². The number of rotatable bonds is 5. The van der Waals surface area contributed by atoms with E-state index in [0.717, 1.165) is 12.8 Å². The molecule has 1 atom stereocenters. The molecule has 1 fully saturated rings. The number of nitrogens with one attached hydrogen (secondary N) is 1. The minimum Gasteiger partial charge on any atom is -0.444 e. The number of morpholine rings is 1. The fraction of sp³-hybridized carbons (Fsp3) is 0.846. The Hall–Kier alpha value is -1.30. The lowest BCUT2D eigenvalue weighted by atomic mass is 10.1. The lowest BCUT2D eigenvalue weighted by Crippen LogP contribution is -2.47. The summed E-state index contributed by atoms with van der Waals surface area (Å²) in [6.45, 7) is 7.85. The van der Waals surface area contributed by atoms with Crippen LogP contribution in [0.3, 0.4) is 0 Å². The maximum atomic E-state index is 11.9. The summed E-state index contributed by atoms with van der Waals surface area (Å²) < 4.78 is 10.9. The van der Waals surface area contributed by atoms with E-state index < -0.39 is 5.60 Å². The summed E-state index contributed by atoms with van der Waals surface area (Å²) in [6.07, 6.45) is 2.09. The van der Waals surface area contributed by atoms with E-state index in [2.05, 4.69) is 5.32 Å². The Morgan fingerprint density at radius 2 is 2.26 bits per heavy atom. The fourth-order valence-corrected chi connectivity index (χ4v) is 1.88. The molecule has 19 heavy (non-hydrogen) atoms. The first-order valence-corrected chi connectivity index (χ1v) is 6.69. The second kappa shape index (κ2) is 7.33. The molecule has 0 bridgehead atoms. The van der Waals surface area contributed by atoms with Gasteiger partial charge in [-0.1, -0.05) is 0 Å². The fourth-order valence-electron chi connectivity index (χ4n) is 1.88. The molecule has 0 spiro atoms. The molecule has 6 nitrogen and oxygen atoms in total. The Kier molecular flexibility index (Phi) is 6.08. The Morgan fingerprint density at radius 1 is 1.53 bits per heavy atom. The van der Waals surface area contributed by atoms with Gasteiger partial charge in [-0.25, -0.2) is 4.79 Å². The third kappa shape index (κ3) is 6.42. The first-order valence-electron chi connectivity index (χ1n) is 6.69. The van der Waals surface area contributed by atoms with Gasteiger partial charge in [0.25, 0.3) is 0 Å². The predicted molar refractivity (Wildman–Crippen MR) is 70.8 cm³/mol. The smallest absolute Gasteiger partial charge is 0.410 e. The second-order valence-corrected chi connectivity index (χ2v) is 5.63. The van der Waals surface area contributed by atoms with Gasteiger partial charge in [0.2, 0.25) is 6.41 Å². The van der Waals surface area contributed by atoms with Gasteiger partial charge in [-0.2, -0.15) is 0 Å². The maximum absolute atomic E-state index is 11.9. The average molecular weight is 272 g/mol. The highest BCUT2D eigenvalue weighted by atomic mass is 16.6. The monoisotopic (exact) mass is 272 g/mol. The summed E-state index contributed by atoms with van der Waals surface area (Å²) in [5, 5.41) is 2.61. The number of carbonyl (C=O) groups is 2. The minimum atomic E-state index is -0.473. The van der Waals surface area contributed by atoms with E-state index >= 15 is 0 Å². The topological polar surface area (TPSA) is 67.9 Å². The summed E-state index contributed by atoms with van der Waals surface area (Å²) >= 11 is 0. The molecule has 110 valence electrons. The number of ether oxygens (including phenoxy) is 2. The quantitative estimate of drug-likeness (QED) is 0.602. The Labute approximate surface area is 114 Å². The summed E-state index contributed by atoms with van der Waals surface area (Å²) in [4.78, 5) is 23.7. The zero-order chi connectivity index (χ0) is 14.3. The summed E-state index contributed by atoms with van der Waals surface area (Å²) in [6, 6.07) is 0. The van der Waals surface area contributed by atoms with Crippen LogP contribution in [0.5, 0.6) is 0 Å². The van der Waals surface area contributed by atoms with Gasteiger partial charge in [0.1, 0.15) is 5.60 Å². The molecular formula is C13H24N2O4. The second-order valence-electron chi connectivity index (χ2n) is 5.63. The molecule has 1 saturated heterocycles. The zero-order valence-corrected chi connectivity index (χ0v) is 12.0. The third-order valence-electron chi connectivity index (χ3n) is 2.72. The molecule has 0 aromatic rings. The van der Waals surface area contributed by atoms with E-state index in [0.29, 0.717) is 32.7 Å². The van der Waals surface area contributed by atoms with Gasteiger partial charge in [-0.15, -0.1) is 0 Å². The van der Waals surface area contributed by atoms with Crippen LogP contribution in [0.4, 0.5) is 4.79 Å². The third-order valence-corrected chi connectivity index (χ3v) is 2.72. The minimum absolute atomic E-state index is 0.0229. The van der Waals surface area contributed by atoms with Crippen LogP contribution in [0.15, 0.2) is 0 Å². The highest BCUT2D eigenvalue weighted by Crippen LogP contribution is 2.15. The van der Waals surface area contributed by atoms with Crippen LogP contribution < -0.4 is 5.32 Å². The van der Waals surface area contributed by atoms with Crippen molar-refractivity contribution < 1.29 is 19.1 Å². The molecule has 0 aliphatic carbocycles. The summed E-state index contributed by atoms with van der Waals surface area (Å²) in [7, 11) is 0. The predicted octanol–water partition coefficient (Wildman–Crippen LogP) is 1.15. The van der Waals surface area contributed by atoms with Crippen molar-refractivity contribution in [3.05, 3.63) is 0 Å². The summed E-state index contributed by atoms with van der Waals surface area (Å²) in [5.74, 6) is 0. The number of amides is 2. The molecule has 6 heteroatoms. The molecule has 1 aliphatic heterocycles. The standard InChI is InChI=1S/C13H24N2O4/c1-13(2,3)19-12(17)15-7-8-18-11(9-15)5-4-6-14-10-16/h10-11H,4-9H2,1-3H3,(H,14,16). The van der Waals surface area contributed by atoms with Gasteiger partial charge in [0, 0.05) is 13.1 Å². The number of nitrogens with zero attached hydrogens (tertiary/aromatic N) is 1. The van der Waals surface area contributed by atoms with Crippen molar-refractivity contribution in [2.75, 3.05) is 26.2 Å². The molecule has 1 heterocycles. The van der Waals surface area contributed by atoms with Gasteiger partial charge in [0.05, 0.1) is 19.3 Å².